The van der Waals surface area contributed by atoms with Crippen LogP contribution in [-0.4, -0.2) is 25.7 Å². The molecule has 0 aliphatic carbocycles. The molecule has 0 heterocycles. The lowest BCUT2D eigenvalue weighted by molar-refractivity contribution is -0.137. The van der Waals surface area contributed by atoms with E-state index in [1.165, 1.54) is 19.2 Å². The van der Waals surface area contributed by atoms with Gasteiger partial charge < -0.3 is 19.5 Å². The number of carbonyl (C=O) groups excluding carboxylic acids is 1. The Kier molecular flexibility index (Phi) is 7.14. The van der Waals surface area contributed by atoms with Crippen LogP contribution in [0.5, 0.6) is 17.2 Å². The second-order valence-corrected chi connectivity index (χ2v) is 6.24. The zero-order chi connectivity index (χ0) is 20.7. The fraction of sp³-hybridized carbons (Fsp3) is 0.350. The van der Waals surface area contributed by atoms with Gasteiger partial charge in [0.1, 0.15) is 5.75 Å². The number of hydrogen-bond acceptors (Lipinski definition) is 4. The summed E-state index contributed by atoms with van der Waals surface area (Å²) < 4.78 is 54.1. The highest BCUT2D eigenvalue weighted by atomic mass is 19.4. The Morgan fingerprint density at radius 2 is 1.86 bits per heavy atom. The molecule has 1 N–H and O–H groups in total. The molecular weight excluding hydrogens is 375 g/mol. The first-order chi connectivity index (χ1) is 13.2. The highest BCUT2D eigenvalue weighted by Gasteiger charge is 2.30. The molecule has 0 saturated heterocycles. The predicted octanol–water partition coefficient (Wildman–Crippen LogP) is 4.20. The van der Waals surface area contributed by atoms with Crippen LogP contribution in [0.4, 0.5) is 13.2 Å². The van der Waals surface area contributed by atoms with Crippen molar-refractivity contribution >= 4 is 5.91 Å². The van der Waals surface area contributed by atoms with Gasteiger partial charge in [-0.15, -0.1) is 0 Å². The van der Waals surface area contributed by atoms with E-state index in [0.717, 1.165) is 17.7 Å². The van der Waals surface area contributed by atoms with Crippen molar-refractivity contribution in [2.24, 2.45) is 0 Å². The molecular formula is C20H22F3NO4. The Hall–Kier alpha value is -2.90. The molecule has 0 bridgehead atoms. The molecule has 0 aromatic heterocycles. The van der Waals surface area contributed by atoms with E-state index in [9.17, 15) is 18.0 Å². The molecule has 0 fully saturated rings. The van der Waals surface area contributed by atoms with Crippen molar-refractivity contribution in [3.05, 3.63) is 53.6 Å². The van der Waals surface area contributed by atoms with E-state index >= 15 is 0 Å². The Balaban J connectivity index is 1.89. The van der Waals surface area contributed by atoms with E-state index < -0.39 is 24.3 Å². The number of ether oxygens (including phenoxy) is 3. The van der Waals surface area contributed by atoms with Crippen molar-refractivity contribution in [2.75, 3.05) is 13.7 Å². The lowest BCUT2D eigenvalue weighted by Gasteiger charge is -2.15. The average molecular weight is 397 g/mol. The van der Waals surface area contributed by atoms with Crippen molar-refractivity contribution < 1.29 is 32.2 Å². The van der Waals surface area contributed by atoms with Gasteiger partial charge in [0.25, 0.3) is 5.91 Å². The van der Waals surface area contributed by atoms with Gasteiger partial charge in [0.15, 0.2) is 18.1 Å². The van der Waals surface area contributed by atoms with E-state index in [0.29, 0.717) is 11.5 Å². The first-order valence-electron chi connectivity index (χ1n) is 8.59. The van der Waals surface area contributed by atoms with Crippen LogP contribution in [0, 0.1) is 0 Å². The minimum absolute atomic E-state index is 0.00699. The molecule has 2 rings (SSSR count). The van der Waals surface area contributed by atoms with Crippen LogP contribution < -0.4 is 19.5 Å². The number of halogens is 3. The highest BCUT2D eigenvalue weighted by molar-refractivity contribution is 5.77. The Morgan fingerprint density at radius 1 is 1.11 bits per heavy atom. The van der Waals surface area contributed by atoms with Gasteiger partial charge in [0.05, 0.1) is 18.8 Å². The number of benzene rings is 2. The summed E-state index contributed by atoms with van der Waals surface area (Å²) in [4.78, 5) is 11.9. The molecule has 0 aliphatic heterocycles. The minimum Gasteiger partial charge on any atom is -0.493 e. The molecule has 0 radical (unpaired) electrons. The van der Waals surface area contributed by atoms with Crippen molar-refractivity contribution in [1.29, 1.82) is 0 Å². The van der Waals surface area contributed by atoms with Crippen LogP contribution in [-0.2, 0) is 17.5 Å². The van der Waals surface area contributed by atoms with Gasteiger partial charge in [-0.25, -0.2) is 0 Å². The Bertz CT molecular complexity index is 806. The van der Waals surface area contributed by atoms with E-state index in [1.54, 1.807) is 18.2 Å². The van der Waals surface area contributed by atoms with Gasteiger partial charge in [0, 0.05) is 6.54 Å². The molecule has 1 amide bonds. The zero-order valence-electron chi connectivity index (χ0n) is 15.8. The van der Waals surface area contributed by atoms with Gasteiger partial charge >= 0.3 is 6.18 Å². The predicted molar refractivity (Wildman–Crippen MR) is 97.5 cm³/mol. The van der Waals surface area contributed by atoms with E-state index in [1.807, 2.05) is 13.8 Å². The van der Waals surface area contributed by atoms with Crippen LogP contribution in [0.15, 0.2) is 42.5 Å². The first-order valence-corrected chi connectivity index (χ1v) is 8.59. The number of nitrogens with one attached hydrogen (secondary N) is 1. The lowest BCUT2D eigenvalue weighted by atomic mass is 10.2. The largest absolute Gasteiger partial charge is 0.493 e. The second kappa shape index (κ2) is 9.34. The summed E-state index contributed by atoms with van der Waals surface area (Å²) in [6.45, 7) is 3.62. The monoisotopic (exact) mass is 397 g/mol. The normalized spacial score (nSPS) is 11.2. The summed E-state index contributed by atoms with van der Waals surface area (Å²) in [5.41, 5.74) is -0.0541. The third kappa shape index (κ3) is 6.37. The molecule has 0 saturated carbocycles. The number of alkyl halides is 3. The van der Waals surface area contributed by atoms with E-state index in [4.69, 9.17) is 14.2 Å². The SMILES string of the molecule is COc1cc(CNC(=O)COc2cccc(C(F)(F)F)c2)ccc1OC(C)C. The average Bonchev–Trinajstić information content (AvgIpc) is 2.64. The fourth-order valence-corrected chi connectivity index (χ4v) is 2.34. The number of hydrogen-bond donors (Lipinski definition) is 1. The maximum atomic E-state index is 12.7. The molecule has 2 aromatic rings. The van der Waals surface area contributed by atoms with Gasteiger partial charge in [-0.2, -0.15) is 13.2 Å². The number of methoxy groups -OCH3 is 1. The highest BCUT2D eigenvalue weighted by Crippen LogP contribution is 2.31. The van der Waals surface area contributed by atoms with Crippen LogP contribution in [0.1, 0.15) is 25.0 Å². The van der Waals surface area contributed by atoms with Crippen LogP contribution >= 0.6 is 0 Å². The Morgan fingerprint density at radius 3 is 2.50 bits per heavy atom. The number of carbonyl (C=O) groups is 1. The topological polar surface area (TPSA) is 56.8 Å². The number of amides is 1. The summed E-state index contributed by atoms with van der Waals surface area (Å²) in [7, 11) is 1.52. The molecule has 5 nitrogen and oxygen atoms in total. The third-order valence-corrected chi connectivity index (χ3v) is 3.61. The maximum Gasteiger partial charge on any atom is 0.416 e. The molecule has 0 unspecified atom stereocenters. The minimum atomic E-state index is -4.47. The quantitative estimate of drug-likeness (QED) is 0.726. The first kappa shape index (κ1) is 21.4. The standard InChI is InChI=1S/C20H22F3NO4/c1-13(2)28-17-8-7-14(9-18(17)26-3)11-24-19(25)12-27-16-6-4-5-15(10-16)20(21,22)23/h4-10,13H,11-12H2,1-3H3,(H,24,25). The summed E-state index contributed by atoms with van der Waals surface area (Å²) in [6, 6.07) is 9.65. The van der Waals surface area contributed by atoms with Crippen LogP contribution in [0.2, 0.25) is 0 Å². The molecule has 0 atom stereocenters. The molecule has 152 valence electrons. The smallest absolute Gasteiger partial charge is 0.416 e. The Labute approximate surface area is 161 Å². The van der Waals surface area contributed by atoms with Crippen LogP contribution in [0.25, 0.3) is 0 Å². The molecule has 0 spiro atoms. The van der Waals surface area contributed by atoms with Crippen molar-refractivity contribution in [2.45, 2.75) is 32.7 Å². The summed E-state index contributed by atoms with van der Waals surface area (Å²) in [5.74, 6) is 0.654. The molecule has 2 aromatic carbocycles. The second-order valence-electron chi connectivity index (χ2n) is 6.24. The summed E-state index contributed by atoms with van der Waals surface area (Å²) in [6.07, 6.45) is -4.47. The van der Waals surface area contributed by atoms with Crippen molar-refractivity contribution in [3.8, 4) is 17.2 Å². The summed E-state index contributed by atoms with van der Waals surface area (Å²) >= 11 is 0. The summed E-state index contributed by atoms with van der Waals surface area (Å²) in [5, 5.41) is 2.64. The maximum absolute atomic E-state index is 12.7. The zero-order valence-corrected chi connectivity index (χ0v) is 15.8. The fourth-order valence-electron chi connectivity index (χ4n) is 2.34. The van der Waals surface area contributed by atoms with Crippen molar-refractivity contribution in [1.82, 2.24) is 5.32 Å². The van der Waals surface area contributed by atoms with Gasteiger partial charge in [-0.3, -0.25) is 4.79 Å². The van der Waals surface area contributed by atoms with E-state index in [-0.39, 0.29) is 18.4 Å². The van der Waals surface area contributed by atoms with Gasteiger partial charge in [-0.05, 0) is 49.7 Å². The van der Waals surface area contributed by atoms with Gasteiger partial charge in [-0.1, -0.05) is 12.1 Å². The molecule has 0 aliphatic rings. The molecule has 28 heavy (non-hydrogen) atoms. The number of rotatable bonds is 8. The van der Waals surface area contributed by atoms with Crippen molar-refractivity contribution in [3.63, 3.8) is 0 Å². The molecule has 8 heteroatoms. The van der Waals surface area contributed by atoms with E-state index in [2.05, 4.69) is 5.32 Å². The lowest BCUT2D eigenvalue weighted by Crippen LogP contribution is -2.28. The van der Waals surface area contributed by atoms with Crippen LogP contribution in [0.3, 0.4) is 0 Å². The third-order valence-electron chi connectivity index (χ3n) is 3.61. The van der Waals surface area contributed by atoms with Gasteiger partial charge in [0.2, 0.25) is 0 Å².